The maximum absolute atomic E-state index is 12.2. The molecule has 4 nitrogen and oxygen atoms in total. The summed E-state index contributed by atoms with van der Waals surface area (Å²) in [6, 6.07) is 13.0. The van der Waals surface area contributed by atoms with E-state index >= 15 is 0 Å². The van der Waals surface area contributed by atoms with Crippen LogP contribution < -0.4 is 9.47 Å². The molecule has 0 N–H and O–H groups in total. The maximum Gasteiger partial charge on any atom is 0.308 e. The van der Waals surface area contributed by atoms with Crippen LogP contribution in [0.25, 0.3) is 10.8 Å². The fourth-order valence-electron chi connectivity index (χ4n) is 6.76. The molecule has 158 valence electrons. The van der Waals surface area contributed by atoms with Crippen LogP contribution in [-0.2, 0) is 9.59 Å². The van der Waals surface area contributed by atoms with Gasteiger partial charge in [-0.15, -0.1) is 0 Å². The fraction of sp³-hybridized carbons (Fsp3) is 0.286. The van der Waals surface area contributed by atoms with E-state index in [9.17, 15) is 9.59 Å². The van der Waals surface area contributed by atoms with Crippen LogP contribution in [0.2, 0.25) is 0 Å². The summed E-state index contributed by atoms with van der Waals surface area (Å²) in [6.45, 7) is 2.94. The third-order valence-corrected chi connectivity index (χ3v) is 7.75. The van der Waals surface area contributed by atoms with E-state index in [0.717, 1.165) is 46.6 Å². The highest BCUT2D eigenvalue weighted by Crippen LogP contribution is 2.67. The van der Waals surface area contributed by atoms with Crippen LogP contribution in [0.15, 0.2) is 48.6 Å². The predicted octanol–water partition coefficient (Wildman–Crippen LogP) is 5.81. The zero-order valence-electron chi connectivity index (χ0n) is 18.0. The topological polar surface area (TPSA) is 52.6 Å². The monoisotopic (exact) mass is 422 g/mol. The summed E-state index contributed by atoms with van der Waals surface area (Å²) in [4.78, 5) is 24.4. The Hall–Kier alpha value is -3.40. The second-order valence-electron chi connectivity index (χ2n) is 9.50. The third kappa shape index (κ3) is 2.22. The average molecular weight is 422 g/mol. The molecule has 3 aromatic carbocycles. The summed E-state index contributed by atoms with van der Waals surface area (Å²) < 4.78 is 11.9. The molecule has 4 bridgehead atoms. The van der Waals surface area contributed by atoms with Gasteiger partial charge in [-0.3, -0.25) is 9.59 Å². The van der Waals surface area contributed by atoms with Crippen molar-refractivity contribution in [1.82, 2.24) is 0 Å². The number of fused-ring (bicyclic) bond motifs is 14. The van der Waals surface area contributed by atoms with Gasteiger partial charge in [-0.05, 0) is 34.7 Å². The molecule has 0 heterocycles. The van der Waals surface area contributed by atoms with Gasteiger partial charge >= 0.3 is 11.9 Å². The quantitative estimate of drug-likeness (QED) is 0.297. The molecule has 4 heteroatoms. The van der Waals surface area contributed by atoms with Crippen LogP contribution in [0.1, 0.15) is 83.7 Å². The second kappa shape index (κ2) is 6.10. The minimum Gasteiger partial charge on any atom is -0.426 e. The van der Waals surface area contributed by atoms with Gasteiger partial charge in [0, 0.05) is 59.8 Å². The van der Waals surface area contributed by atoms with E-state index in [0.29, 0.717) is 0 Å². The molecule has 0 saturated carbocycles. The smallest absolute Gasteiger partial charge is 0.308 e. The van der Waals surface area contributed by atoms with Gasteiger partial charge in [-0.25, -0.2) is 0 Å². The van der Waals surface area contributed by atoms with Crippen LogP contribution in [0, 0.1) is 0 Å². The maximum atomic E-state index is 12.2. The highest BCUT2D eigenvalue weighted by molar-refractivity contribution is 5.88. The Bertz CT molecular complexity index is 1310. The van der Waals surface area contributed by atoms with E-state index in [2.05, 4.69) is 48.6 Å². The Morgan fingerprint density at radius 2 is 1.19 bits per heavy atom. The largest absolute Gasteiger partial charge is 0.426 e. The first-order chi connectivity index (χ1) is 15.5. The zero-order chi connectivity index (χ0) is 21.7. The SMILES string of the molecule is CC(=O)Oc1c2c(c(OC(C)=O)c3c1[C@@H]1C=C[C@H]3C1)[C@H]1C[C@@H]2c2cc3ccccc3cc21. The molecular weight excluding hydrogens is 400 g/mol. The number of allylic oxidation sites excluding steroid dienone is 2. The first kappa shape index (κ1) is 18.2. The zero-order valence-corrected chi connectivity index (χ0v) is 18.0. The first-order valence-corrected chi connectivity index (χ1v) is 11.3. The molecule has 0 saturated heterocycles. The van der Waals surface area contributed by atoms with E-state index in [1.54, 1.807) is 0 Å². The van der Waals surface area contributed by atoms with Gasteiger partial charge in [0.25, 0.3) is 0 Å². The predicted molar refractivity (Wildman–Crippen MR) is 121 cm³/mol. The molecule has 0 unspecified atom stereocenters. The summed E-state index contributed by atoms with van der Waals surface area (Å²) in [5, 5.41) is 2.44. The van der Waals surface area contributed by atoms with Gasteiger partial charge in [0.2, 0.25) is 0 Å². The molecule has 4 aliphatic rings. The van der Waals surface area contributed by atoms with Crippen LogP contribution in [0.5, 0.6) is 11.5 Å². The number of benzene rings is 3. The molecule has 0 fully saturated rings. The first-order valence-electron chi connectivity index (χ1n) is 11.3. The summed E-state index contributed by atoms with van der Waals surface area (Å²) in [7, 11) is 0. The van der Waals surface area contributed by atoms with Crippen molar-refractivity contribution >= 4 is 22.7 Å². The summed E-state index contributed by atoms with van der Waals surface area (Å²) in [5.74, 6) is 1.55. The lowest BCUT2D eigenvalue weighted by Gasteiger charge is -2.29. The Labute approximate surface area is 185 Å². The molecule has 4 atom stereocenters. The van der Waals surface area contributed by atoms with E-state index in [4.69, 9.17) is 9.47 Å². The van der Waals surface area contributed by atoms with Gasteiger partial charge in [-0.2, -0.15) is 0 Å². The fourth-order valence-corrected chi connectivity index (χ4v) is 6.76. The van der Waals surface area contributed by atoms with E-state index in [1.807, 2.05) is 0 Å². The molecule has 0 radical (unpaired) electrons. The average Bonchev–Trinajstić information content (AvgIpc) is 3.53. The van der Waals surface area contributed by atoms with E-state index < -0.39 is 0 Å². The number of rotatable bonds is 2. The van der Waals surface area contributed by atoms with Crippen molar-refractivity contribution in [1.29, 1.82) is 0 Å². The summed E-state index contributed by atoms with van der Waals surface area (Å²) in [6.07, 6.45) is 6.29. The highest BCUT2D eigenvalue weighted by atomic mass is 16.5. The van der Waals surface area contributed by atoms with Gasteiger partial charge < -0.3 is 9.47 Å². The molecular formula is C28H22O4. The molecule has 32 heavy (non-hydrogen) atoms. The van der Waals surface area contributed by atoms with Crippen LogP contribution in [0.3, 0.4) is 0 Å². The van der Waals surface area contributed by atoms with Crippen molar-refractivity contribution in [3.8, 4) is 11.5 Å². The second-order valence-corrected chi connectivity index (χ2v) is 9.50. The highest BCUT2D eigenvalue weighted by Gasteiger charge is 2.51. The number of carbonyl (C=O) groups is 2. The van der Waals surface area contributed by atoms with E-state index in [1.165, 1.54) is 35.7 Å². The number of esters is 2. The van der Waals surface area contributed by atoms with Crippen LogP contribution in [-0.4, -0.2) is 11.9 Å². The minimum absolute atomic E-state index is 0.145. The molecule has 4 aliphatic carbocycles. The van der Waals surface area contributed by atoms with Crippen LogP contribution in [0.4, 0.5) is 0 Å². The van der Waals surface area contributed by atoms with Gasteiger partial charge in [0.15, 0.2) is 0 Å². The van der Waals surface area contributed by atoms with E-state index in [-0.39, 0.29) is 35.6 Å². The lowest BCUT2D eigenvalue weighted by Crippen LogP contribution is -2.17. The molecule has 0 aromatic heterocycles. The Morgan fingerprint density at radius 1 is 0.719 bits per heavy atom. The minimum atomic E-state index is -0.303. The molecule has 7 rings (SSSR count). The van der Waals surface area contributed by atoms with Crippen molar-refractivity contribution in [2.45, 2.75) is 50.4 Å². The van der Waals surface area contributed by atoms with Crippen LogP contribution >= 0.6 is 0 Å². The van der Waals surface area contributed by atoms with Gasteiger partial charge in [0.1, 0.15) is 11.5 Å². The lowest BCUT2D eigenvalue weighted by molar-refractivity contribution is -0.133. The summed E-state index contributed by atoms with van der Waals surface area (Å²) >= 11 is 0. The normalized spacial score (nSPS) is 25.1. The number of ether oxygens (including phenoxy) is 2. The van der Waals surface area contributed by atoms with Crippen molar-refractivity contribution in [2.75, 3.05) is 0 Å². The third-order valence-electron chi connectivity index (χ3n) is 7.75. The molecule has 0 amide bonds. The number of carbonyl (C=O) groups excluding carboxylic acids is 2. The Balaban J connectivity index is 1.54. The molecule has 0 spiro atoms. The summed E-state index contributed by atoms with van der Waals surface area (Å²) in [5.41, 5.74) is 6.84. The van der Waals surface area contributed by atoms with Crippen molar-refractivity contribution in [3.63, 3.8) is 0 Å². The Kier molecular flexibility index (Phi) is 3.47. The number of hydrogen-bond acceptors (Lipinski definition) is 4. The standard InChI is InChI=1S/C28H22O4/c1-13(29)31-27-23-17-7-8-18(9-17)24(23)28(32-14(2)30)26-22-12-21(25(26)27)19-10-15-5-3-4-6-16(15)11-20(19)22/h3-8,10-11,17-18,21-22H,9,12H2,1-2H3/t17-,18+,21-,22+. The lowest BCUT2D eigenvalue weighted by atomic mass is 9.79. The van der Waals surface area contributed by atoms with Crippen molar-refractivity contribution < 1.29 is 19.1 Å². The van der Waals surface area contributed by atoms with Gasteiger partial charge in [-0.1, -0.05) is 48.6 Å². The molecule has 3 aromatic rings. The van der Waals surface area contributed by atoms with Gasteiger partial charge in [0.05, 0.1) is 0 Å². The van der Waals surface area contributed by atoms with Crippen molar-refractivity contribution in [3.05, 3.63) is 81.9 Å². The number of hydrogen-bond donors (Lipinski definition) is 0. The molecule has 0 aliphatic heterocycles. The Morgan fingerprint density at radius 3 is 1.62 bits per heavy atom. The van der Waals surface area contributed by atoms with Crippen molar-refractivity contribution in [2.24, 2.45) is 0 Å².